The quantitative estimate of drug-likeness (QED) is 0.394. The van der Waals surface area contributed by atoms with Crippen LogP contribution in [0.2, 0.25) is 5.02 Å². The van der Waals surface area contributed by atoms with E-state index in [0.717, 1.165) is 42.9 Å². The lowest BCUT2D eigenvalue weighted by atomic mass is 10.0. The predicted octanol–water partition coefficient (Wildman–Crippen LogP) is 5.23. The van der Waals surface area contributed by atoms with Crippen LogP contribution in [-0.2, 0) is 27.9 Å². The van der Waals surface area contributed by atoms with E-state index >= 15 is 0 Å². The third-order valence-corrected chi connectivity index (χ3v) is 5.57. The van der Waals surface area contributed by atoms with Gasteiger partial charge in [-0.25, -0.2) is 4.79 Å². The Morgan fingerprint density at radius 1 is 0.933 bits per heavy atom. The summed E-state index contributed by atoms with van der Waals surface area (Å²) >= 11 is 5.79. The highest BCUT2D eigenvalue weighted by Gasteiger charge is 2.10. The molecule has 0 aromatic heterocycles. The molecule has 0 amide bonds. The number of hydrogen-bond acceptors (Lipinski definition) is 4. The fourth-order valence-corrected chi connectivity index (χ4v) is 3.32. The maximum atomic E-state index is 10.6. The number of halogens is 1. The Bertz CT molecular complexity index is 873. The van der Waals surface area contributed by atoms with E-state index in [4.69, 9.17) is 21.4 Å². The molecular formula is C23H29ClO5S. The number of hydrogen-bond donors (Lipinski definition) is 1. The molecule has 0 atom stereocenters. The van der Waals surface area contributed by atoms with Crippen LogP contribution in [0.5, 0.6) is 5.75 Å². The molecule has 0 aliphatic heterocycles. The molecule has 2 rings (SSSR count). The molecule has 0 aliphatic rings. The van der Waals surface area contributed by atoms with E-state index in [9.17, 15) is 13.2 Å². The molecule has 7 heteroatoms. The molecule has 0 saturated heterocycles. The largest absolute Gasteiger partial charge is 0.497 e. The van der Waals surface area contributed by atoms with Gasteiger partial charge in [0.2, 0.25) is 10.3 Å². The highest BCUT2D eigenvalue weighted by Crippen LogP contribution is 2.13. The molecule has 0 heterocycles. The maximum absolute atomic E-state index is 10.6. The van der Waals surface area contributed by atoms with E-state index < -0.39 is 21.1 Å². The van der Waals surface area contributed by atoms with Gasteiger partial charge in [-0.05, 0) is 67.5 Å². The Kier molecular flexibility index (Phi) is 12.6. The third-order valence-electron chi connectivity index (χ3n) is 4.54. The highest BCUT2D eigenvalue weighted by atomic mass is 35.5. The van der Waals surface area contributed by atoms with Crippen LogP contribution in [0.25, 0.3) is 0 Å². The molecule has 0 bridgehead atoms. The van der Waals surface area contributed by atoms with Gasteiger partial charge in [-0.15, -0.1) is 0 Å². The number of carbonyl (C=O) groups is 1. The lowest BCUT2D eigenvalue weighted by molar-refractivity contribution is -0.129. The monoisotopic (exact) mass is 452 g/mol. The summed E-state index contributed by atoms with van der Waals surface area (Å²) in [6.45, 7) is 2.14. The SMILES string of the molecule is CCc1ccc(OC)cc1.O=C(O)C(CCCCCCc1ccc(Cl)cc1)=S(=O)=O. The number of aryl methyl sites for hydroxylation is 2. The number of unbranched alkanes of at least 4 members (excludes halogenated alkanes) is 3. The van der Waals surface area contributed by atoms with Crippen molar-refractivity contribution in [2.24, 2.45) is 0 Å². The average Bonchev–Trinajstić information content (AvgIpc) is 2.74. The summed E-state index contributed by atoms with van der Waals surface area (Å²) in [5, 5.41) is 9.40. The summed E-state index contributed by atoms with van der Waals surface area (Å²) in [6.07, 6.45) is 5.47. The van der Waals surface area contributed by atoms with Crippen LogP contribution >= 0.6 is 11.6 Å². The smallest absolute Gasteiger partial charge is 0.347 e. The van der Waals surface area contributed by atoms with Crippen molar-refractivity contribution >= 4 is 32.7 Å². The number of carboxylic acid groups (broad SMARTS) is 1. The zero-order chi connectivity index (χ0) is 22.4. The number of carboxylic acids is 1. The first-order valence-corrected chi connectivity index (χ1v) is 11.4. The molecule has 2 aromatic rings. The summed E-state index contributed by atoms with van der Waals surface area (Å²) in [5.41, 5.74) is 2.56. The number of benzene rings is 2. The van der Waals surface area contributed by atoms with Crippen molar-refractivity contribution in [3.05, 3.63) is 64.7 Å². The highest BCUT2D eigenvalue weighted by molar-refractivity contribution is 7.74. The summed E-state index contributed by atoms with van der Waals surface area (Å²) < 4.78 is 26.3. The molecule has 0 spiro atoms. The summed E-state index contributed by atoms with van der Waals surface area (Å²) in [7, 11) is -0.937. The normalized spacial score (nSPS) is 9.97. The first-order chi connectivity index (χ1) is 14.4. The van der Waals surface area contributed by atoms with Crippen molar-refractivity contribution in [1.82, 2.24) is 0 Å². The minimum Gasteiger partial charge on any atom is -0.497 e. The van der Waals surface area contributed by atoms with Gasteiger partial charge in [0, 0.05) is 5.02 Å². The van der Waals surface area contributed by atoms with Crippen LogP contribution in [0.1, 0.15) is 50.2 Å². The van der Waals surface area contributed by atoms with Crippen molar-refractivity contribution in [1.29, 1.82) is 0 Å². The standard InChI is InChI=1S/C14H17ClO4S.C9H12O/c15-12-9-7-11(8-10-12)5-3-1-2-4-6-13(14(16)17)20(18)19;1-3-8-4-6-9(10-2)7-5-8/h7-10H,1-6H2,(H,16,17);4-7H,3H2,1-2H3. The van der Waals surface area contributed by atoms with Gasteiger partial charge >= 0.3 is 5.97 Å². The van der Waals surface area contributed by atoms with E-state index in [2.05, 4.69) is 19.1 Å². The lowest BCUT2D eigenvalue weighted by Gasteiger charge is -2.02. The molecule has 0 unspecified atom stereocenters. The molecule has 2 aromatic carbocycles. The molecule has 30 heavy (non-hydrogen) atoms. The Morgan fingerprint density at radius 2 is 1.50 bits per heavy atom. The molecule has 1 N–H and O–H groups in total. The minimum absolute atomic E-state index is 0.104. The molecule has 164 valence electrons. The van der Waals surface area contributed by atoms with Crippen molar-refractivity contribution in [3.8, 4) is 5.75 Å². The number of methoxy groups -OCH3 is 1. The summed E-state index contributed by atoms with van der Waals surface area (Å²) in [6, 6.07) is 15.8. The molecule has 0 radical (unpaired) electrons. The van der Waals surface area contributed by atoms with Gasteiger partial charge in [-0.3, -0.25) is 0 Å². The van der Waals surface area contributed by atoms with Crippen molar-refractivity contribution in [2.45, 2.75) is 51.9 Å². The van der Waals surface area contributed by atoms with Crippen LogP contribution in [0.4, 0.5) is 0 Å². The number of rotatable bonds is 10. The molecular weight excluding hydrogens is 424 g/mol. The van der Waals surface area contributed by atoms with Crippen molar-refractivity contribution in [2.75, 3.05) is 7.11 Å². The van der Waals surface area contributed by atoms with Crippen LogP contribution < -0.4 is 4.74 Å². The zero-order valence-corrected chi connectivity index (χ0v) is 19.0. The van der Waals surface area contributed by atoms with E-state index in [1.807, 2.05) is 36.4 Å². The molecule has 0 fully saturated rings. The van der Waals surface area contributed by atoms with Gasteiger partial charge in [-0.1, -0.05) is 55.6 Å². The van der Waals surface area contributed by atoms with Crippen LogP contribution in [0.3, 0.4) is 0 Å². The van der Waals surface area contributed by atoms with Crippen molar-refractivity contribution in [3.63, 3.8) is 0 Å². The van der Waals surface area contributed by atoms with Gasteiger partial charge < -0.3 is 9.84 Å². The van der Waals surface area contributed by atoms with E-state index in [0.29, 0.717) is 6.42 Å². The van der Waals surface area contributed by atoms with Gasteiger partial charge in [0.25, 0.3) is 0 Å². The van der Waals surface area contributed by atoms with Crippen LogP contribution in [0.15, 0.2) is 48.5 Å². The summed E-state index contributed by atoms with van der Waals surface area (Å²) in [5.74, 6) is -0.420. The number of aliphatic carboxylic acids is 1. The van der Waals surface area contributed by atoms with Gasteiger partial charge in [0.15, 0.2) is 4.86 Å². The molecule has 0 saturated carbocycles. The van der Waals surface area contributed by atoms with Gasteiger partial charge in [0.05, 0.1) is 7.11 Å². The lowest BCUT2D eigenvalue weighted by Crippen LogP contribution is -2.13. The van der Waals surface area contributed by atoms with Crippen LogP contribution in [0, 0.1) is 0 Å². The van der Waals surface area contributed by atoms with Crippen molar-refractivity contribution < 1.29 is 23.1 Å². The maximum Gasteiger partial charge on any atom is 0.347 e. The number of ether oxygens (including phenoxy) is 1. The van der Waals surface area contributed by atoms with Gasteiger partial charge in [0.1, 0.15) is 5.75 Å². The summed E-state index contributed by atoms with van der Waals surface area (Å²) in [4.78, 5) is 10.2. The minimum atomic E-state index is -2.62. The zero-order valence-electron chi connectivity index (χ0n) is 17.4. The Balaban J connectivity index is 0.000000375. The molecule has 0 aliphatic carbocycles. The Hall–Kier alpha value is -2.31. The Labute approximate surface area is 185 Å². The van der Waals surface area contributed by atoms with Crippen LogP contribution in [-0.4, -0.2) is 31.5 Å². The van der Waals surface area contributed by atoms with E-state index in [-0.39, 0.29) is 6.42 Å². The Morgan fingerprint density at radius 3 is 2.00 bits per heavy atom. The fourth-order valence-electron chi connectivity index (χ4n) is 2.74. The fraction of sp³-hybridized carbons (Fsp3) is 0.391. The topological polar surface area (TPSA) is 80.7 Å². The van der Waals surface area contributed by atoms with Gasteiger partial charge in [-0.2, -0.15) is 8.42 Å². The predicted molar refractivity (Wildman–Crippen MR) is 122 cm³/mol. The second kappa shape index (κ2) is 14.6. The second-order valence-corrected chi connectivity index (χ2v) is 8.10. The first-order valence-electron chi connectivity index (χ1n) is 9.93. The van der Waals surface area contributed by atoms with E-state index in [1.165, 1.54) is 11.1 Å². The first kappa shape index (κ1) is 25.7. The molecule has 5 nitrogen and oxygen atoms in total. The third kappa shape index (κ3) is 10.5. The second-order valence-electron chi connectivity index (χ2n) is 6.71. The van der Waals surface area contributed by atoms with E-state index in [1.54, 1.807) is 7.11 Å². The average molecular weight is 453 g/mol.